The van der Waals surface area contributed by atoms with Gasteiger partial charge in [-0.3, -0.25) is 0 Å². The average molecular weight is 336 g/mol. The van der Waals surface area contributed by atoms with Crippen LogP contribution < -0.4 is 0 Å². The van der Waals surface area contributed by atoms with Crippen molar-refractivity contribution in [3.8, 4) is 0 Å². The minimum absolute atomic E-state index is 0.723. The highest BCUT2D eigenvalue weighted by Gasteiger charge is 2.19. The molecule has 0 N–H and O–H groups in total. The predicted molar refractivity (Wildman–Crippen MR) is 69.4 cm³/mol. The maximum atomic E-state index is 5.27. The van der Waals surface area contributed by atoms with Gasteiger partial charge in [0.2, 0.25) is 0 Å². The molecule has 1 aromatic heterocycles. The van der Waals surface area contributed by atoms with E-state index in [0.717, 1.165) is 21.8 Å². The molecule has 1 fully saturated rings. The molecule has 2 unspecified atom stereocenters. The molecule has 84 valence electrons. The van der Waals surface area contributed by atoms with Gasteiger partial charge >= 0.3 is 0 Å². The molecular formula is C12H16Br2O. The average Bonchev–Trinajstić information content (AvgIpc) is 2.46. The number of hydrogen-bond donors (Lipinski definition) is 0. The number of furan rings is 1. The molecule has 0 aliphatic heterocycles. The highest BCUT2D eigenvalue weighted by atomic mass is 79.9. The van der Waals surface area contributed by atoms with Crippen molar-refractivity contribution in [2.45, 2.75) is 43.4 Å². The van der Waals surface area contributed by atoms with Crippen LogP contribution in [0.15, 0.2) is 21.4 Å². The van der Waals surface area contributed by atoms with Crippen molar-refractivity contribution < 1.29 is 4.42 Å². The van der Waals surface area contributed by atoms with E-state index in [1.54, 1.807) is 0 Å². The van der Waals surface area contributed by atoms with Crippen molar-refractivity contribution in [2.24, 2.45) is 5.92 Å². The first-order valence-corrected chi connectivity index (χ1v) is 7.32. The van der Waals surface area contributed by atoms with Gasteiger partial charge in [-0.25, -0.2) is 0 Å². The third-order valence-electron chi connectivity index (χ3n) is 3.11. The van der Waals surface area contributed by atoms with Crippen molar-refractivity contribution in [1.29, 1.82) is 0 Å². The fraction of sp³-hybridized carbons (Fsp3) is 0.667. The lowest BCUT2D eigenvalue weighted by atomic mass is 9.94. The summed E-state index contributed by atoms with van der Waals surface area (Å²) in [7, 11) is 0. The van der Waals surface area contributed by atoms with E-state index in [1.807, 2.05) is 6.26 Å². The second-order valence-electron chi connectivity index (χ2n) is 4.45. The zero-order chi connectivity index (χ0) is 10.7. The van der Waals surface area contributed by atoms with Gasteiger partial charge in [-0.15, -0.1) is 0 Å². The van der Waals surface area contributed by atoms with Crippen molar-refractivity contribution in [2.75, 3.05) is 0 Å². The summed E-state index contributed by atoms with van der Waals surface area (Å²) >= 11 is 7.11. The summed E-state index contributed by atoms with van der Waals surface area (Å²) in [6.07, 6.45) is 9.81. The third kappa shape index (κ3) is 3.63. The van der Waals surface area contributed by atoms with Crippen molar-refractivity contribution in [3.05, 3.63) is 22.6 Å². The first kappa shape index (κ1) is 11.7. The summed E-state index contributed by atoms with van der Waals surface area (Å²) in [5, 5.41) is 0. The third-order valence-corrected chi connectivity index (χ3v) is 4.36. The van der Waals surface area contributed by atoms with Crippen molar-refractivity contribution >= 4 is 31.9 Å². The SMILES string of the molecule is Brc1cc(CC2CCCCC(Br)C2)co1. The van der Waals surface area contributed by atoms with E-state index < -0.39 is 0 Å². The fourth-order valence-electron chi connectivity index (χ4n) is 2.37. The maximum absolute atomic E-state index is 5.27. The molecule has 1 aliphatic carbocycles. The van der Waals surface area contributed by atoms with E-state index in [0.29, 0.717) is 0 Å². The Labute approximate surface area is 108 Å². The summed E-state index contributed by atoms with van der Waals surface area (Å²) in [4.78, 5) is 0.723. The standard InChI is InChI=1S/C12H16Br2O/c13-11-4-2-1-3-9(6-11)5-10-7-12(14)15-8-10/h7-9,11H,1-6H2. The molecule has 15 heavy (non-hydrogen) atoms. The Kier molecular flexibility index (Phi) is 4.32. The first-order chi connectivity index (χ1) is 7.24. The highest BCUT2D eigenvalue weighted by molar-refractivity contribution is 9.10. The fourth-order valence-corrected chi connectivity index (χ4v) is 3.61. The number of rotatable bonds is 2. The van der Waals surface area contributed by atoms with Crippen LogP contribution in [-0.2, 0) is 6.42 Å². The zero-order valence-corrected chi connectivity index (χ0v) is 11.9. The van der Waals surface area contributed by atoms with Crippen molar-refractivity contribution in [1.82, 2.24) is 0 Å². The van der Waals surface area contributed by atoms with Crippen LogP contribution in [0.25, 0.3) is 0 Å². The normalized spacial score (nSPS) is 27.6. The summed E-state index contributed by atoms with van der Waals surface area (Å²) in [6.45, 7) is 0. The Morgan fingerprint density at radius 3 is 2.87 bits per heavy atom. The second kappa shape index (κ2) is 5.53. The van der Waals surface area contributed by atoms with Crippen LogP contribution in [0, 0.1) is 5.92 Å². The van der Waals surface area contributed by atoms with Crippen LogP contribution in [0.5, 0.6) is 0 Å². The van der Waals surface area contributed by atoms with E-state index in [9.17, 15) is 0 Å². The minimum atomic E-state index is 0.723. The molecule has 0 bridgehead atoms. The summed E-state index contributed by atoms with van der Waals surface area (Å²) in [5.41, 5.74) is 1.33. The topological polar surface area (TPSA) is 13.1 Å². The van der Waals surface area contributed by atoms with E-state index in [4.69, 9.17) is 4.42 Å². The molecule has 3 heteroatoms. The molecule has 1 aromatic rings. The predicted octanol–water partition coefficient (Wildman–Crippen LogP) is 4.93. The van der Waals surface area contributed by atoms with E-state index >= 15 is 0 Å². The zero-order valence-electron chi connectivity index (χ0n) is 8.72. The van der Waals surface area contributed by atoms with Gasteiger partial charge < -0.3 is 4.42 Å². The Morgan fingerprint density at radius 2 is 2.13 bits per heavy atom. The van der Waals surface area contributed by atoms with Crippen LogP contribution in [0.4, 0.5) is 0 Å². The number of halogens is 2. The molecule has 0 spiro atoms. The van der Waals surface area contributed by atoms with Crippen LogP contribution in [0.3, 0.4) is 0 Å². The molecule has 0 aromatic carbocycles. The highest BCUT2D eigenvalue weighted by Crippen LogP contribution is 2.30. The van der Waals surface area contributed by atoms with Gasteiger partial charge in [0.1, 0.15) is 0 Å². The maximum Gasteiger partial charge on any atom is 0.169 e. The van der Waals surface area contributed by atoms with E-state index in [-0.39, 0.29) is 0 Å². The molecule has 2 atom stereocenters. The Balaban J connectivity index is 1.92. The lowest BCUT2D eigenvalue weighted by Gasteiger charge is -2.14. The Bertz CT molecular complexity index is 308. The van der Waals surface area contributed by atoms with Gasteiger partial charge in [0.05, 0.1) is 6.26 Å². The molecule has 0 radical (unpaired) electrons. The molecule has 2 rings (SSSR count). The Morgan fingerprint density at radius 1 is 1.33 bits per heavy atom. The molecule has 0 saturated heterocycles. The van der Waals surface area contributed by atoms with Gasteiger partial charge in [-0.2, -0.15) is 0 Å². The number of hydrogen-bond acceptors (Lipinski definition) is 1. The van der Waals surface area contributed by atoms with Crippen LogP contribution in [0.2, 0.25) is 0 Å². The van der Waals surface area contributed by atoms with Gasteiger partial charge in [0, 0.05) is 4.83 Å². The van der Waals surface area contributed by atoms with Gasteiger partial charge in [0.25, 0.3) is 0 Å². The lowest BCUT2D eigenvalue weighted by molar-refractivity contribution is 0.459. The van der Waals surface area contributed by atoms with Gasteiger partial charge in [0.15, 0.2) is 4.67 Å². The largest absolute Gasteiger partial charge is 0.457 e. The molecule has 0 amide bonds. The van der Waals surface area contributed by atoms with Gasteiger partial charge in [-0.1, -0.05) is 35.2 Å². The molecule has 1 saturated carbocycles. The lowest BCUT2D eigenvalue weighted by Crippen LogP contribution is -2.07. The second-order valence-corrected chi connectivity index (χ2v) is 6.52. The summed E-state index contributed by atoms with van der Waals surface area (Å²) < 4.78 is 6.12. The molecule has 1 heterocycles. The van der Waals surface area contributed by atoms with Crippen LogP contribution in [0.1, 0.15) is 37.7 Å². The van der Waals surface area contributed by atoms with Crippen molar-refractivity contribution in [3.63, 3.8) is 0 Å². The van der Waals surface area contributed by atoms with Crippen LogP contribution in [-0.4, -0.2) is 4.83 Å². The van der Waals surface area contributed by atoms with E-state index in [1.165, 1.54) is 37.7 Å². The van der Waals surface area contributed by atoms with E-state index in [2.05, 4.69) is 37.9 Å². The first-order valence-electron chi connectivity index (χ1n) is 5.61. The van der Waals surface area contributed by atoms with Crippen LogP contribution >= 0.6 is 31.9 Å². The quantitative estimate of drug-likeness (QED) is 0.551. The smallest absolute Gasteiger partial charge is 0.169 e. The molecular weight excluding hydrogens is 320 g/mol. The summed E-state index contributed by atoms with van der Waals surface area (Å²) in [5.74, 6) is 0.821. The minimum Gasteiger partial charge on any atom is -0.457 e. The van der Waals surface area contributed by atoms with Gasteiger partial charge in [-0.05, 0) is 52.7 Å². The molecule has 1 aliphatic rings. The summed E-state index contributed by atoms with van der Waals surface area (Å²) in [6, 6.07) is 2.09. The monoisotopic (exact) mass is 334 g/mol. The number of alkyl halides is 1. The molecule has 1 nitrogen and oxygen atoms in total. The Hall–Kier alpha value is 0.240.